The van der Waals surface area contributed by atoms with Crippen LogP contribution in [0.5, 0.6) is 0 Å². The van der Waals surface area contributed by atoms with E-state index in [1.165, 1.54) is 31.2 Å². The maximum Gasteiger partial charge on any atom is 0.0452 e. The van der Waals surface area contributed by atoms with Gasteiger partial charge in [0.1, 0.15) is 0 Å². The minimum atomic E-state index is 0.685. The Morgan fingerprint density at radius 3 is 2.48 bits per heavy atom. The number of hydrogen-bond donors (Lipinski definition) is 1. The second-order valence-electron chi connectivity index (χ2n) is 6.80. The number of nitrogens with one attached hydrogen (secondary N) is 1. The molecule has 1 nitrogen and oxygen atoms in total. The van der Waals surface area contributed by atoms with E-state index in [1.807, 2.05) is 12.1 Å². The van der Waals surface area contributed by atoms with Crippen LogP contribution in [0.15, 0.2) is 18.2 Å². The molecule has 1 aliphatic carbocycles. The Morgan fingerprint density at radius 2 is 1.86 bits per heavy atom. The Bertz CT molecular complexity index is 439. The lowest BCUT2D eigenvalue weighted by molar-refractivity contribution is 0.316. The molecule has 1 fully saturated rings. The summed E-state index contributed by atoms with van der Waals surface area (Å²) in [6.45, 7) is 6.71. The van der Waals surface area contributed by atoms with Gasteiger partial charge in [0.05, 0.1) is 0 Å². The number of halogens is 2. The van der Waals surface area contributed by atoms with Crippen molar-refractivity contribution in [1.82, 2.24) is 5.32 Å². The molecule has 3 heteroatoms. The zero-order chi connectivity index (χ0) is 15.2. The fourth-order valence-corrected chi connectivity index (χ4v) is 3.85. The van der Waals surface area contributed by atoms with Crippen molar-refractivity contribution in [2.75, 3.05) is 13.1 Å². The van der Waals surface area contributed by atoms with Gasteiger partial charge in [0.2, 0.25) is 0 Å². The van der Waals surface area contributed by atoms with Gasteiger partial charge in [-0.25, -0.2) is 0 Å². The number of benzene rings is 1. The third-order valence-electron chi connectivity index (χ3n) is 4.52. The summed E-state index contributed by atoms with van der Waals surface area (Å²) >= 11 is 12.4. The van der Waals surface area contributed by atoms with Crippen LogP contribution in [0.25, 0.3) is 0 Å². The molecule has 1 atom stereocenters. The molecule has 0 amide bonds. The molecule has 1 unspecified atom stereocenters. The van der Waals surface area contributed by atoms with Crippen molar-refractivity contribution in [3.8, 4) is 0 Å². The van der Waals surface area contributed by atoms with Gasteiger partial charge < -0.3 is 5.32 Å². The number of hydrogen-bond acceptors (Lipinski definition) is 1. The van der Waals surface area contributed by atoms with E-state index in [1.54, 1.807) is 0 Å². The van der Waals surface area contributed by atoms with Crippen molar-refractivity contribution in [3.63, 3.8) is 0 Å². The fraction of sp³-hybridized carbons (Fsp3) is 0.667. The first-order valence-corrected chi connectivity index (χ1v) is 8.96. The first-order chi connectivity index (χ1) is 10.1. The van der Waals surface area contributed by atoms with Crippen LogP contribution >= 0.6 is 23.2 Å². The first-order valence-electron chi connectivity index (χ1n) is 8.21. The normalized spacial score (nSPS) is 17.6. The van der Waals surface area contributed by atoms with Crippen molar-refractivity contribution < 1.29 is 0 Å². The summed E-state index contributed by atoms with van der Waals surface area (Å²) < 4.78 is 0. The predicted octanol–water partition coefficient (Wildman–Crippen LogP) is 5.59. The molecule has 118 valence electrons. The zero-order valence-electron chi connectivity index (χ0n) is 13.2. The predicted molar refractivity (Wildman–Crippen MR) is 93.3 cm³/mol. The molecule has 1 aliphatic rings. The zero-order valence-corrected chi connectivity index (χ0v) is 14.7. The molecule has 1 aromatic rings. The van der Waals surface area contributed by atoms with E-state index in [2.05, 4.69) is 25.2 Å². The third-order valence-corrected chi connectivity index (χ3v) is 5.11. The summed E-state index contributed by atoms with van der Waals surface area (Å²) in [5.74, 6) is 2.23. The van der Waals surface area contributed by atoms with Crippen LogP contribution in [0, 0.1) is 17.8 Å². The van der Waals surface area contributed by atoms with E-state index in [0.717, 1.165) is 35.5 Å². The van der Waals surface area contributed by atoms with Gasteiger partial charge in [-0.3, -0.25) is 0 Å². The van der Waals surface area contributed by atoms with Crippen LogP contribution in [-0.4, -0.2) is 13.1 Å². The number of rotatable bonds is 7. The molecule has 0 radical (unpaired) electrons. The largest absolute Gasteiger partial charge is 0.316 e. The highest BCUT2D eigenvalue weighted by Gasteiger charge is 2.25. The molecule has 21 heavy (non-hydrogen) atoms. The Labute approximate surface area is 139 Å². The Hall–Kier alpha value is -0.240. The van der Waals surface area contributed by atoms with Crippen molar-refractivity contribution in [3.05, 3.63) is 33.8 Å². The van der Waals surface area contributed by atoms with Gasteiger partial charge >= 0.3 is 0 Å². The summed E-state index contributed by atoms with van der Waals surface area (Å²) in [5, 5.41) is 5.18. The highest BCUT2D eigenvalue weighted by atomic mass is 35.5. The van der Waals surface area contributed by atoms with Crippen LogP contribution in [0.4, 0.5) is 0 Å². The summed E-state index contributed by atoms with van der Waals surface area (Å²) in [4.78, 5) is 0. The molecule has 1 saturated carbocycles. The second kappa shape index (κ2) is 8.41. The average molecular weight is 328 g/mol. The lowest BCUT2D eigenvalue weighted by Crippen LogP contribution is -2.31. The van der Waals surface area contributed by atoms with E-state index < -0.39 is 0 Å². The quantitative estimate of drug-likeness (QED) is 0.688. The highest BCUT2D eigenvalue weighted by Crippen LogP contribution is 2.34. The Balaban J connectivity index is 2.00. The summed E-state index contributed by atoms with van der Waals surface area (Å²) in [6, 6.07) is 5.91. The molecular weight excluding hydrogens is 301 g/mol. The van der Waals surface area contributed by atoms with Crippen molar-refractivity contribution in [1.29, 1.82) is 0 Å². The summed E-state index contributed by atoms with van der Waals surface area (Å²) in [7, 11) is 0. The summed E-state index contributed by atoms with van der Waals surface area (Å²) in [5.41, 5.74) is 1.24. The second-order valence-corrected chi connectivity index (χ2v) is 7.64. The van der Waals surface area contributed by atoms with Gasteiger partial charge in [-0.1, -0.05) is 68.8 Å². The highest BCUT2D eigenvalue weighted by molar-refractivity contribution is 6.35. The molecule has 0 saturated heterocycles. The molecule has 1 aromatic carbocycles. The first kappa shape index (κ1) is 17.1. The standard InChI is InChI=1S/C18H27Cl2N/c1-13(2)11-21-12-16(14-5-3-4-6-14)9-15-7-8-17(19)10-18(15)20/h7-8,10,13-14,16,21H,3-6,9,11-12H2,1-2H3. The monoisotopic (exact) mass is 327 g/mol. The van der Waals surface area contributed by atoms with Crippen molar-refractivity contribution in [2.45, 2.75) is 46.0 Å². The SMILES string of the molecule is CC(C)CNCC(Cc1ccc(Cl)cc1Cl)C1CCCC1. The molecule has 0 spiro atoms. The van der Waals surface area contributed by atoms with Gasteiger partial charge in [0.25, 0.3) is 0 Å². The van der Waals surface area contributed by atoms with Crippen molar-refractivity contribution >= 4 is 23.2 Å². The molecular formula is C18H27Cl2N. The van der Waals surface area contributed by atoms with Crippen molar-refractivity contribution in [2.24, 2.45) is 17.8 Å². The lowest BCUT2D eigenvalue weighted by atomic mass is 9.85. The van der Waals surface area contributed by atoms with Crippen LogP contribution < -0.4 is 5.32 Å². The molecule has 1 N–H and O–H groups in total. The average Bonchev–Trinajstić information content (AvgIpc) is 2.93. The van der Waals surface area contributed by atoms with Crippen LogP contribution in [0.1, 0.15) is 45.1 Å². The topological polar surface area (TPSA) is 12.0 Å². The lowest BCUT2D eigenvalue weighted by Gasteiger charge is -2.25. The minimum Gasteiger partial charge on any atom is -0.316 e. The van der Waals surface area contributed by atoms with E-state index in [9.17, 15) is 0 Å². The van der Waals surface area contributed by atoms with E-state index >= 15 is 0 Å². The van der Waals surface area contributed by atoms with Crippen LogP contribution in [-0.2, 0) is 6.42 Å². The van der Waals surface area contributed by atoms with Crippen LogP contribution in [0.3, 0.4) is 0 Å². The van der Waals surface area contributed by atoms with Gasteiger partial charge in [-0.2, -0.15) is 0 Å². The smallest absolute Gasteiger partial charge is 0.0452 e. The fourth-order valence-electron chi connectivity index (χ4n) is 3.36. The van der Waals surface area contributed by atoms with E-state index in [4.69, 9.17) is 23.2 Å². The molecule has 0 bridgehead atoms. The molecule has 0 aromatic heterocycles. The van der Waals surface area contributed by atoms with Crippen LogP contribution in [0.2, 0.25) is 10.0 Å². The van der Waals surface area contributed by atoms with Gasteiger partial charge in [0, 0.05) is 10.0 Å². The summed E-state index contributed by atoms with van der Waals surface area (Å²) in [6.07, 6.45) is 6.59. The minimum absolute atomic E-state index is 0.685. The maximum atomic E-state index is 6.36. The van der Waals surface area contributed by atoms with Gasteiger partial charge in [-0.05, 0) is 55.0 Å². The maximum absolute atomic E-state index is 6.36. The Morgan fingerprint density at radius 1 is 1.14 bits per heavy atom. The van der Waals surface area contributed by atoms with Gasteiger partial charge in [-0.15, -0.1) is 0 Å². The third kappa shape index (κ3) is 5.47. The molecule has 0 aliphatic heterocycles. The molecule has 0 heterocycles. The van der Waals surface area contributed by atoms with Gasteiger partial charge in [0.15, 0.2) is 0 Å². The van der Waals surface area contributed by atoms with E-state index in [-0.39, 0.29) is 0 Å². The van der Waals surface area contributed by atoms with E-state index in [0.29, 0.717) is 11.8 Å². The Kier molecular flexibility index (Phi) is 6.85. The molecule has 2 rings (SSSR count).